The summed E-state index contributed by atoms with van der Waals surface area (Å²) in [4.78, 5) is 17.4. The number of aryl methyl sites for hydroxylation is 1. The third kappa shape index (κ3) is 4.17. The van der Waals surface area contributed by atoms with Crippen LogP contribution in [0, 0.1) is 0 Å². The van der Waals surface area contributed by atoms with Crippen molar-refractivity contribution >= 4 is 5.97 Å². The zero-order valence-corrected chi connectivity index (χ0v) is 12.8. The van der Waals surface area contributed by atoms with E-state index < -0.39 is 5.97 Å². The van der Waals surface area contributed by atoms with E-state index >= 15 is 0 Å². The second-order valence-corrected chi connectivity index (χ2v) is 5.57. The van der Waals surface area contributed by atoms with E-state index in [1.165, 1.54) is 5.56 Å². The lowest BCUT2D eigenvalue weighted by atomic mass is 9.90. The van der Waals surface area contributed by atoms with E-state index in [4.69, 9.17) is 9.84 Å². The Kier molecular flexibility index (Phi) is 5.56. The number of aromatic nitrogens is 1. The Morgan fingerprint density at radius 1 is 1.57 bits per heavy atom. The summed E-state index contributed by atoms with van der Waals surface area (Å²) in [6.45, 7) is 4.65. The molecule has 1 unspecified atom stereocenters. The number of likely N-dealkylation sites (tertiary alicyclic amines) is 1. The van der Waals surface area contributed by atoms with Crippen LogP contribution < -0.4 is 4.74 Å². The summed E-state index contributed by atoms with van der Waals surface area (Å²) in [6.07, 6.45) is 5.27. The molecule has 5 heteroatoms. The number of hydrogen-bond donors (Lipinski definition) is 1. The molecule has 1 aromatic heterocycles. The normalized spacial score (nSPS) is 19.4. The van der Waals surface area contributed by atoms with Crippen LogP contribution in [0.1, 0.15) is 43.2 Å². The second kappa shape index (κ2) is 7.41. The Morgan fingerprint density at radius 3 is 3.05 bits per heavy atom. The van der Waals surface area contributed by atoms with E-state index in [0.717, 1.165) is 37.9 Å². The molecule has 1 aliphatic heterocycles. The maximum absolute atomic E-state index is 10.7. The molecule has 1 saturated heterocycles. The van der Waals surface area contributed by atoms with Crippen molar-refractivity contribution in [2.75, 3.05) is 26.7 Å². The highest BCUT2D eigenvalue weighted by atomic mass is 16.5. The molecule has 2 rings (SSSR count). The van der Waals surface area contributed by atoms with Crippen molar-refractivity contribution in [1.29, 1.82) is 0 Å². The van der Waals surface area contributed by atoms with Gasteiger partial charge in [0.2, 0.25) is 5.88 Å². The van der Waals surface area contributed by atoms with Crippen molar-refractivity contribution in [1.82, 2.24) is 9.88 Å². The van der Waals surface area contributed by atoms with Crippen LogP contribution in [0.25, 0.3) is 0 Å². The predicted octanol–water partition coefficient (Wildman–Crippen LogP) is 2.31. The van der Waals surface area contributed by atoms with Crippen LogP contribution in [0.5, 0.6) is 5.88 Å². The fourth-order valence-electron chi connectivity index (χ4n) is 2.96. The number of carbonyl (C=O) groups is 1. The lowest BCUT2D eigenvalue weighted by molar-refractivity contribution is -0.137. The lowest BCUT2D eigenvalue weighted by Crippen LogP contribution is -2.35. The number of aliphatic carboxylic acids is 1. The maximum atomic E-state index is 10.7. The molecule has 1 fully saturated rings. The molecule has 0 saturated carbocycles. The summed E-state index contributed by atoms with van der Waals surface area (Å²) in [5.74, 6) is 0.424. The van der Waals surface area contributed by atoms with Gasteiger partial charge in [0.15, 0.2) is 0 Å². The molecule has 0 radical (unpaired) electrons. The first-order valence-electron chi connectivity index (χ1n) is 7.61. The molecule has 5 nitrogen and oxygen atoms in total. The Hall–Kier alpha value is -1.62. The number of carboxylic acid groups (broad SMARTS) is 1. The summed E-state index contributed by atoms with van der Waals surface area (Å²) in [5.41, 5.74) is 2.38. The van der Waals surface area contributed by atoms with Gasteiger partial charge in [-0.25, -0.2) is 4.98 Å². The monoisotopic (exact) mass is 292 g/mol. The zero-order valence-electron chi connectivity index (χ0n) is 12.8. The standard InChI is InChI=1S/C16H24N2O3/c1-3-12-9-14(10-17-16(12)21-2)13-5-4-7-18(11-13)8-6-15(19)20/h9-10,13H,3-8,11H2,1-2H3,(H,19,20). The van der Waals surface area contributed by atoms with Gasteiger partial charge in [0.25, 0.3) is 0 Å². The van der Waals surface area contributed by atoms with Crippen molar-refractivity contribution < 1.29 is 14.6 Å². The van der Waals surface area contributed by atoms with Gasteiger partial charge in [-0.05, 0) is 43.4 Å². The number of methoxy groups -OCH3 is 1. The number of piperidine rings is 1. The van der Waals surface area contributed by atoms with Crippen LogP contribution in [0.15, 0.2) is 12.3 Å². The van der Waals surface area contributed by atoms with E-state index in [2.05, 4.69) is 22.9 Å². The van der Waals surface area contributed by atoms with Crippen LogP contribution in [0.3, 0.4) is 0 Å². The fourth-order valence-corrected chi connectivity index (χ4v) is 2.96. The maximum Gasteiger partial charge on any atom is 0.304 e. The van der Waals surface area contributed by atoms with E-state index in [9.17, 15) is 4.79 Å². The van der Waals surface area contributed by atoms with Crippen molar-refractivity contribution in [3.63, 3.8) is 0 Å². The van der Waals surface area contributed by atoms with Gasteiger partial charge in [-0.1, -0.05) is 6.92 Å². The molecule has 116 valence electrons. The van der Waals surface area contributed by atoms with Crippen molar-refractivity contribution in [2.24, 2.45) is 0 Å². The summed E-state index contributed by atoms with van der Waals surface area (Å²) in [7, 11) is 1.65. The Bertz CT molecular complexity index is 490. The zero-order chi connectivity index (χ0) is 15.2. The molecule has 2 heterocycles. The van der Waals surface area contributed by atoms with Gasteiger partial charge >= 0.3 is 5.97 Å². The van der Waals surface area contributed by atoms with Gasteiger partial charge in [-0.2, -0.15) is 0 Å². The minimum absolute atomic E-state index is 0.216. The van der Waals surface area contributed by atoms with Crippen molar-refractivity contribution in [2.45, 2.75) is 38.5 Å². The van der Waals surface area contributed by atoms with Crippen LogP contribution >= 0.6 is 0 Å². The SMILES string of the molecule is CCc1cc(C2CCCN(CCC(=O)O)C2)cnc1OC. The number of hydrogen-bond acceptors (Lipinski definition) is 4. The van der Waals surface area contributed by atoms with Crippen molar-refractivity contribution in [3.8, 4) is 5.88 Å². The number of rotatable bonds is 6. The van der Waals surface area contributed by atoms with Crippen LogP contribution in [0.2, 0.25) is 0 Å². The fraction of sp³-hybridized carbons (Fsp3) is 0.625. The molecule has 21 heavy (non-hydrogen) atoms. The average molecular weight is 292 g/mol. The van der Waals surface area contributed by atoms with Crippen LogP contribution in [-0.2, 0) is 11.2 Å². The topological polar surface area (TPSA) is 62.7 Å². The van der Waals surface area contributed by atoms with Gasteiger partial charge in [-0.15, -0.1) is 0 Å². The summed E-state index contributed by atoms with van der Waals surface area (Å²) >= 11 is 0. The van der Waals surface area contributed by atoms with Crippen LogP contribution in [-0.4, -0.2) is 47.7 Å². The third-order valence-corrected chi connectivity index (χ3v) is 4.14. The second-order valence-electron chi connectivity index (χ2n) is 5.57. The molecule has 0 spiro atoms. The first-order chi connectivity index (χ1) is 10.1. The van der Waals surface area contributed by atoms with E-state index in [1.54, 1.807) is 7.11 Å². The molecule has 1 aliphatic rings. The highest BCUT2D eigenvalue weighted by Gasteiger charge is 2.22. The molecule has 0 bridgehead atoms. The Morgan fingerprint density at radius 2 is 2.38 bits per heavy atom. The molecular formula is C16H24N2O3. The smallest absolute Gasteiger partial charge is 0.304 e. The molecule has 0 aromatic carbocycles. The minimum atomic E-state index is -0.725. The first kappa shape index (κ1) is 15.8. The molecule has 1 N–H and O–H groups in total. The molecule has 1 aromatic rings. The molecule has 0 amide bonds. The molecular weight excluding hydrogens is 268 g/mol. The summed E-state index contributed by atoms with van der Waals surface area (Å²) < 4.78 is 5.28. The number of pyridine rings is 1. The molecule has 1 atom stereocenters. The average Bonchev–Trinajstić information content (AvgIpc) is 2.52. The highest BCUT2D eigenvalue weighted by Crippen LogP contribution is 2.29. The lowest BCUT2D eigenvalue weighted by Gasteiger charge is -2.32. The van der Waals surface area contributed by atoms with E-state index in [-0.39, 0.29) is 6.42 Å². The summed E-state index contributed by atoms with van der Waals surface area (Å²) in [5, 5.41) is 8.80. The number of ether oxygens (including phenoxy) is 1. The number of carboxylic acids is 1. The van der Waals surface area contributed by atoms with Gasteiger partial charge in [0.05, 0.1) is 13.5 Å². The van der Waals surface area contributed by atoms with Crippen LogP contribution in [0.4, 0.5) is 0 Å². The van der Waals surface area contributed by atoms with Gasteiger partial charge in [0.1, 0.15) is 0 Å². The first-order valence-corrected chi connectivity index (χ1v) is 7.61. The van der Waals surface area contributed by atoms with Gasteiger partial charge in [0, 0.05) is 24.8 Å². The Labute approximate surface area is 125 Å². The molecule has 0 aliphatic carbocycles. The minimum Gasteiger partial charge on any atom is -0.481 e. The summed E-state index contributed by atoms with van der Waals surface area (Å²) in [6, 6.07) is 2.19. The van der Waals surface area contributed by atoms with Crippen molar-refractivity contribution in [3.05, 3.63) is 23.4 Å². The largest absolute Gasteiger partial charge is 0.481 e. The van der Waals surface area contributed by atoms with Gasteiger partial charge < -0.3 is 14.7 Å². The Balaban J connectivity index is 2.05. The quantitative estimate of drug-likeness (QED) is 0.871. The number of nitrogens with zero attached hydrogens (tertiary/aromatic N) is 2. The van der Waals surface area contributed by atoms with E-state index in [0.29, 0.717) is 18.3 Å². The highest BCUT2D eigenvalue weighted by molar-refractivity contribution is 5.66. The van der Waals surface area contributed by atoms with Gasteiger partial charge in [-0.3, -0.25) is 4.79 Å². The van der Waals surface area contributed by atoms with E-state index in [1.807, 2.05) is 6.20 Å². The third-order valence-electron chi connectivity index (χ3n) is 4.14. The predicted molar refractivity (Wildman–Crippen MR) is 80.8 cm³/mol.